The molecule has 2 rings (SSSR count). The minimum absolute atomic E-state index is 0.0490. The molecule has 6 heteroatoms. The van der Waals surface area contributed by atoms with E-state index in [1.165, 1.54) is 0 Å². The molecule has 0 spiro atoms. The van der Waals surface area contributed by atoms with Crippen LogP contribution in [-0.4, -0.2) is 31.4 Å². The summed E-state index contributed by atoms with van der Waals surface area (Å²) in [5, 5.41) is 0. The van der Waals surface area contributed by atoms with E-state index < -0.39 is 10.0 Å². The Morgan fingerprint density at radius 1 is 1.30 bits per heavy atom. The van der Waals surface area contributed by atoms with E-state index in [0.717, 1.165) is 22.0 Å². The number of aryl methyl sites for hydroxylation is 2. The molecule has 1 saturated heterocycles. The van der Waals surface area contributed by atoms with Gasteiger partial charge in [0.2, 0.25) is 10.0 Å². The first-order valence-electron chi connectivity index (χ1n) is 6.77. The van der Waals surface area contributed by atoms with Crippen LogP contribution in [0.3, 0.4) is 0 Å². The number of benzene rings is 1. The molecule has 1 aromatic rings. The molecule has 1 heterocycles. The lowest BCUT2D eigenvalue weighted by atomic mass is 10.0. The summed E-state index contributed by atoms with van der Waals surface area (Å²) in [5.74, 6) is 0. The van der Waals surface area contributed by atoms with Gasteiger partial charge in [-0.25, -0.2) is 8.42 Å². The zero-order chi connectivity index (χ0) is 15.1. The maximum atomic E-state index is 12.9. The van der Waals surface area contributed by atoms with E-state index in [0.29, 0.717) is 17.9 Å². The molecule has 1 aliphatic heterocycles. The molecule has 2 atom stereocenters. The molecule has 4 nitrogen and oxygen atoms in total. The quantitative estimate of drug-likeness (QED) is 0.881. The summed E-state index contributed by atoms with van der Waals surface area (Å²) in [5.41, 5.74) is 7.61. The molecule has 0 unspecified atom stereocenters. The van der Waals surface area contributed by atoms with E-state index in [2.05, 4.69) is 15.9 Å². The Bertz CT molecular complexity index is 616. The number of hydrogen-bond acceptors (Lipinski definition) is 3. The van der Waals surface area contributed by atoms with Crippen LogP contribution in [0, 0.1) is 13.8 Å². The number of nitrogens with zero attached hydrogens (tertiary/aromatic N) is 1. The third-order valence-corrected chi connectivity index (χ3v) is 6.91. The number of piperidine rings is 1. The first-order chi connectivity index (χ1) is 9.23. The van der Waals surface area contributed by atoms with Gasteiger partial charge in [-0.3, -0.25) is 0 Å². The van der Waals surface area contributed by atoms with E-state index in [-0.39, 0.29) is 12.1 Å². The smallest absolute Gasteiger partial charge is 0.243 e. The van der Waals surface area contributed by atoms with Crippen molar-refractivity contribution in [1.29, 1.82) is 0 Å². The van der Waals surface area contributed by atoms with Crippen molar-refractivity contribution in [1.82, 2.24) is 4.31 Å². The van der Waals surface area contributed by atoms with Gasteiger partial charge >= 0.3 is 0 Å². The number of halogens is 1. The van der Waals surface area contributed by atoms with Crippen LogP contribution in [0.15, 0.2) is 21.5 Å². The number of hydrogen-bond donors (Lipinski definition) is 1. The third kappa shape index (κ3) is 2.93. The van der Waals surface area contributed by atoms with Crippen LogP contribution in [0.5, 0.6) is 0 Å². The monoisotopic (exact) mass is 360 g/mol. The van der Waals surface area contributed by atoms with Crippen LogP contribution >= 0.6 is 15.9 Å². The normalized spacial score (nSPS) is 24.9. The molecule has 0 saturated carbocycles. The number of sulfonamides is 1. The van der Waals surface area contributed by atoms with E-state index in [1.807, 2.05) is 26.8 Å². The Hall–Kier alpha value is -0.430. The summed E-state index contributed by atoms with van der Waals surface area (Å²) in [6, 6.07) is 3.66. The molecule has 20 heavy (non-hydrogen) atoms. The highest BCUT2D eigenvalue weighted by Crippen LogP contribution is 2.29. The predicted molar refractivity (Wildman–Crippen MR) is 84.2 cm³/mol. The van der Waals surface area contributed by atoms with E-state index in [4.69, 9.17) is 5.73 Å². The topological polar surface area (TPSA) is 63.4 Å². The Kier molecular flexibility index (Phi) is 4.59. The lowest BCUT2D eigenvalue weighted by Crippen LogP contribution is -2.48. The predicted octanol–water partition coefficient (Wildman–Crippen LogP) is 2.57. The summed E-state index contributed by atoms with van der Waals surface area (Å²) in [4.78, 5) is 0.403. The fraction of sp³-hybridized carbons (Fsp3) is 0.571. The Balaban J connectivity index is 2.43. The van der Waals surface area contributed by atoms with Crippen molar-refractivity contribution in [3.05, 3.63) is 27.7 Å². The average Bonchev–Trinajstić information content (AvgIpc) is 2.33. The zero-order valence-electron chi connectivity index (χ0n) is 12.1. The maximum absolute atomic E-state index is 12.9. The van der Waals surface area contributed by atoms with Crippen LogP contribution in [0.4, 0.5) is 0 Å². The van der Waals surface area contributed by atoms with E-state index in [9.17, 15) is 8.42 Å². The third-order valence-electron chi connectivity index (χ3n) is 3.90. The van der Waals surface area contributed by atoms with Crippen molar-refractivity contribution >= 4 is 26.0 Å². The van der Waals surface area contributed by atoms with E-state index in [1.54, 1.807) is 10.4 Å². The van der Waals surface area contributed by atoms with Gasteiger partial charge in [-0.2, -0.15) is 4.31 Å². The molecule has 1 aromatic carbocycles. The Labute approximate surface area is 129 Å². The largest absolute Gasteiger partial charge is 0.328 e. The fourth-order valence-electron chi connectivity index (χ4n) is 2.70. The van der Waals surface area contributed by atoms with Crippen molar-refractivity contribution in [3.63, 3.8) is 0 Å². The molecule has 1 aliphatic rings. The Morgan fingerprint density at radius 2 is 1.95 bits per heavy atom. The second kappa shape index (κ2) is 5.75. The van der Waals surface area contributed by atoms with Crippen LogP contribution in [0.1, 0.15) is 30.9 Å². The lowest BCUT2D eigenvalue weighted by molar-refractivity contribution is 0.247. The van der Waals surface area contributed by atoms with Crippen molar-refractivity contribution < 1.29 is 8.42 Å². The molecular weight excluding hydrogens is 340 g/mol. The first kappa shape index (κ1) is 15.9. The summed E-state index contributed by atoms with van der Waals surface area (Å²) >= 11 is 3.44. The molecule has 0 radical (unpaired) electrons. The Morgan fingerprint density at radius 3 is 2.55 bits per heavy atom. The molecule has 0 aromatic heterocycles. The second-order valence-corrected chi connectivity index (χ2v) is 8.33. The van der Waals surface area contributed by atoms with Crippen LogP contribution in [0.2, 0.25) is 0 Å². The summed E-state index contributed by atoms with van der Waals surface area (Å²) in [6.07, 6.45) is 1.44. The van der Waals surface area contributed by atoms with Crippen LogP contribution in [-0.2, 0) is 10.0 Å². The molecule has 0 amide bonds. The van der Waals surface area contributed by atoms with Gasteiger partial charge in [0.1, 0.15) is 0 Å². The van der Waals surface area contributed by atoms with Crippen LogP contribution in [0.25, 0.3) is 0 Å². The van der Waals surface area contributed by atoms with Gasteiger partial charge in [-0.05, 0) is 56.9 Å². The second-order valence-electron chi connectivity index (χ2n) is 5.62. The zero-order valence-corrected chi connectivity index (χ0v) is 14.5. The van der Waals surface area contributed by atoms with Crippen LogP contribution < -0.4 is 5.73 Å². The van der Waals surface area contributed by atoms with Crippen molar-refractivity contribution in [2.75, 3.05) is 6.54 Å². The lowest BCUT2D eigenvalue weighted by Gasteiger charge is -2.35. The SMILES string of the molecule is Cc1cc(S(=O)(=O)N2CC[C@@H](N)C[C@H]2C)c(C)cc1Br. The molecule has 2 N–H and O–H groups in total. The average molecular weight is 361 g/mol. The minimum Gasteiger partial charge on any atom is -0.328 e. The first-order valence-corrected chi connectivity index (χ1v) is 9.01. The number of nitrogens with two attached hydrogens (primary N) is 1. The molecule has 112 valence electrons. The van der Waals surface area contributed by atoms with Gasteiger partial charge in [0.05, 0.1) is 4.90 Å². The molecular formula is C14H21BrN2O2S. The highest BCUT2D eigenvalue weighted by atomic mass is 79.9. The van der Waals surface area contributed by atoms with Gasteiger partial charge in [-0.1, -0.05) is 15.9 Å². The van der Waals surface area contributed by atoms with Gasteiger partial charge in [0, 0.05) is 23.1 Å². The maximum Gasteiger partial charge on any atom is 0.243 e. The van der Waals surface area contributed by atoms with E-state index >= 15 is 0 Å². The minimum atomic E-state index is -3.45. The van der Waals surface area contributed by atoms with Gasteiger partial charge in [0.15, 0.2) is 0 Å². The van der Waals surface area contributed by atoms with Gasteiger partial charge in [0.25, 0.3) is 0 Å². The highest BCUT2D eigenvalue weighted by molar-refractivity contribution is 9.10. The van der Waals surface area contributed by atoms with Gasteiger partial charge < -0.3 is 5.73 Å². The summed E-state index contributed by atoms with van der Waals surface area (Å²) < 4.78 is 28.2. The fourth-order valence-corrected chi connectivity index (χ4v) is 5.11. The highest BCUT2D eigenvalue weighted by Gasteiger charge is 2.34. The molecule has 1 fully saturated rings. The van der Waals surface area contributed by atoms with Crippen molar-refractivity contribution in [2.24, 2.45) is 5.73 Å². The molecule has 0 aliphatic carbocycles. The van der Waals surface area contributed by atoms with Crippen molar-refractivity contribution in [2.45, 2.75) is 50.6 Å². The summed E-state index contributed by atoms with van der Waals surface area (Å²) in [7, 11) is -3.45. The summed E-state index contributed by atoms with van der Waals surface area (Å²) in [6.45, 7) is 6.16. The number of rotatable bonds is 2. The molecule has 0 bridgehead atoms. The standard InChI is InChI=1S/C14H21BrN2O2S/c1-9-7-14(10(2)6-13(9)15)20(18,19)17-5-4-12(16)8-11(17)3/h6-7,11-12H,4-5,8,16H2,1-3H3/t11-,12-/m1/s1. The van der Waals surface area contributed by atoms with Crippen molar-refractivity contribution in [3.8, 4) is 0 Å². The van der Waals surface area contributed by atoms with Gasteiger partial charge in [-0.15, -0.1) is 0 Å².